The third-order valence-electron chi connectivity index (χ3n) is 2.63. The van der Waals surface area contributed by atoms with Crippen LogP contribution in [-0.2, 0) is 4.79 Å². The molecule has 0 aromatic rings. The highest BCUT2D eigenvalue weighted by Crippen LogP contribution is 2.15. The maximum Gasteiger partial charge on any atom is 0.145 e. The first-order valence-electron chi connectivity index (χ1n) is 5.49. The normalized spacial score (nSPS) is 18.9. The van der Waals surface area contributed by atoms with Gasteiger partial charge in [0, 0.05) is 18.8 Å². The molecule has 1 rings (SSSR count). The second kappa shape index (κ2) is 6.23. The molecule has 0 aromatic heterocycles. The molecular weight excluding hydrogens is 186 g/mol. The predicted octanol–water partition coefficient (Wildman–Crippen LogP) is 2.69. The zero-order chi connectivity index (χ0) is 11.1. The standard InChI is InChI=1S/C13H19NO/c1-3-13(8-7-12(2)11-15)14-9-5-4-6-10-14/h3,7-8,11H,1,4-6,9-10H2,2H3/b12-7+,13-8+. The number of piperidine rings is 1. The fourth-order valence-electron chi connectivity index (χ4n) is 1.71. The van der Waals surface area contributed by atoms with Crippen molar-refractivity contribution in [3.05, 3.63) is 36.1 Å². The summed E-state index contributed by atoms with van der Waals surface area (Å²) in [4.78, 5) is 12.8. The Bertz CT molecular complexity index is 283. The molecule has 0 N–H and O–H groups in total. The fourth-order valence-corrected chi connectivity index (χ4v) is 1.71. The maximum absolute atomic E-state index is 10.4. The highest BCUT2D eigenvalue weighted by atomic mass is 16.1. The van der Waals surface area contributed by atoms with E-state index in [1.807, 2.05) is 18.2 Å². The lowest BCUT2D eigenvalue weighted by Crippen LogP contribution is -2.28. The van der Waals surface area contributed by atoms with Crippen LogP contribution in [0.25, 0.3) is 0 Å². The lowest BCUT2D eigenvalue weighted by atomic mass is 10.1. The fraction of sp³-hybridized carbons (Fsp3) is 0.462. The minimum absolute atomic E-state index is 0.742. The Balaban J connectivity index is 2.68. The Kier molecular flexibility index (Phi) is 4.88. The molecule has 0 saturated carbocycles. The highest BCUT2D eigenvalue weighted by molar-refractivity contribution is 5.72. The van der Waals surface area contributed by atoms with Crippen LogP contribution in [0.5, 0.6) is 0 Å². The van der Waals surface area contributed by atoms with Crippen molar-refractivity contribution in [2.75, 3.05) is 13.1 Å². The largest absolute Gasteiger partial charge is 0.372 e. The molecule has 2 nitrogen and oxygen atoms in total. The van der Waals surface area contributed by atoms with Gasteiger partial charge < -0.3 is 4.90 Å². The van der Waals surface area contributed by atoms with Gasteiger partial charge in [0.2, 0.25) is 0 Å². The molecular formula is C13H19NO. The first-order valence-corrected chi connectivity index (χ1v) is 5.49. The van der Waals surface area contributed by atoms with E-state index in [1.165, 1.54) is 19.3 Å². The summed E-state index contributed by atoms with van der Waals surface area (Å²) in [5, 5.41) is 0. The molecule has 0 aliphatic carbocycles. The van der Waals surface area contributed by atoms with Crippen molar-refractivity contribution in [3.8, 4) is 0 Å². The number of hydrogen-bond donors (Lipinski definition) is 0. The zero-order valence-electron chi connectivity index (χ0n) is 9.41. The lowest BCUT2D eigenvalue weighted by molar-refractivity contribution is -0.104. The van der Waals surface area contributed by atoms with Crippen LogP contribution >= 0.6 is 0 Å². The monoisotopic (exact) mass is 205 g/mol. The SMILES string of the molecule is C=C/C(=C\C=C(/C)C=O)N1CCCCC1. The van der Waals surface area contributed by atoms with Gasteiger partial charge in [-0.15, -0.1) is 0 Å². The van der Waals surface area contributed by atoms with E-state index >= 15 is 0 Å². The number of aldehydes is 1. The third-order valence-corrected chi connectivity index (χ3v) is 2.63. The number of allylic oxidation sites excluding steroid dienone is 4. The summed E-state index contributed by atoms with van der Waals surface area (Å²) in [5.41, 5.74) is 1.86. The molecule has 0 spiro atoms. The summed E-state index contributed by atoms with van der Waals surface area (Å²) < 4.78 is 0. The number of nitrogens with zero attached hydrogens (tertiary/aromatic N) is 1. The predicted molar refractivity (Wildman–Crippen MR) is 63.5 cm³/mol. The quantitative estimate of drug-likeness (QED) is 0.399. The molecule has 0 bridgehead atoms. The van der Waals surface area contributed by atoms with Crippen LogP contribution in [0, 0.1) is 0 Å². The molecule has 82 valence electrons. The van der Waals surface area contributed by atoms with Crippen molar-refractivity contribution in [3.63, 3.8) is 0 Å². The summed E-state index contributed by atoms with van der Waals surface area (Å²) in [6, 6.07) is 0. The molecule has 0 amide bonds. The minimum Gasteiger partial charge on any atom is -0.372 e. The van der Waals surface area contributed by atoms with Gasteiger partial charge in [0.05, 0.1) is 0 Å². The minimum atomic E-state index is 0.742. The van der Waals surface area contributed by atoms with Gasteiger partial charge >= 0.3 is 0 Å². The molecule has 0 atom stereocenters. The van der Waals surface area contributed by atoms with E-state index in [2.05, 4.69) is 11.5 Å². The van der Waals surface area contributed by atoms with Crippen LogP contribution in [0.15, 0.2) is 36.1 Å². The first-order chi connectivity index (χ1) is 7.27. The number of carbonyl (C=O) groups is 1. The van der Waals surface area contributed by atoms with E-state index in [-0.39, 0.29) is 0 Å². The Morgan fingerprint density at radius 3 is 2.40 bits per heavy atom. The van der Waals surface area contributed by atoms with E-state index in [0.29, 0.717) is 0 Å². The van der Waals surface area contributed by atoms with E-state index in [9.17, 15) is 4.79 Å². The van der Waals surface area contributed by atoms with Crippen molar-refractivity contribution in [2.45, 2.75) is 26.2 Å². The van der Waals surface area contributed by atoms with Crippen LogP contribution in [-0.4, -0.2) is 24.3 Å². The van der Waals surface area contributed by atoms with Gasteiger partial charge in [-0.25, -0.2) is 0 Å². The summed E-state index contributed by atoms with van der Waals surface area (Å²) in [7, 11) is 0. The van der Waals surface area contributed by atoms with Gasteiger partial charge in [0.1, 0.15) is 6.29 Å². The van der Waals surface area contributed by atoms with Crippen molar-refractivity contribution in [1.29, 1.82) is 0 Å². The Morgan fingerprint density at radius 1 is 1.20 bits per heavy atom. The van der Waals surface area contributed by atoms with Crippen LogP contribution in [0.3, 0.4) is 0 Å². The third kappa shape index (κ3) is 3.74. The molecule has 2 heteroatoms. The topological polar surface area (TPSA) is 20.3 Å². The molecule has 0 unspecified atom stereocenters. The molecule has 1 aliphatic heterocycles. The van der Waals surface area contributed by atoms with Gasteiger partial charge in [-0.1, -0.05) is 12.7 Å². The van der Waals surface area contributed by atoms with Gasteiger partial charge in [-0.2, -0.15) is 0 Å². The number of likely N-dealkylation sites (tertiary alicyclic amines) is 1. The van der Waals surface area contributed by atoms with Crippen molar-refractivity contribution in [2.24, 2.45) is 0 Å². The summed E-state index contributed by atoms with van der Waals surface area (Å²) in [5.74, 6) is 0. The van der Waals surface area contributed by atoms with E-state index < -0.39 is 0 Å². The number of hydrogen-bond acceptors (Lipinski definition) is 2. The second-order valence-electron chi connectivity index (χ2n) is 3.87. The van der Waals surface area contributed by atoms with Crippen LogP contribution in [0.4, 0.5) is 0 Å². The van der Waals surface area contributed by atoms with E-state index in [4.69, 9.17) is 0 Å². The Hall–Kier alpha value is -1.31. The van der Waals surface area contributed by atoms with Crippen LogP contribution in [0.1, 0.15) is 26.2 Å². The molecule has 1 aliphatic rings. The van der Waals surface area contributed by atoms with E-state index in [1.54, 1.807) is 6.92 Å². The van der Waals surface area contributed by atoms with Crippen molar-refractivity contribution in [1.82, 2.24) is 4.90 Å². The van der Waals surface area contributed by atoms with Crippen LogP contribution in [0.2, 0.25) is 0 Å². The Labute approximate surface area is 92.0 Å². The highest BCUT2D eigenvalue weighted by Gasteiger charge is 2.10. The average Bonchev–Trinajstić information content (AvgIpc) is 2.31. The van der Waals surface area contributed by atoms with Gasteiger partial charge in [-0.3, -0.25) is 4.79 Å². The van der Waals surface area contributed by atoms with Crippen molar-refractivity contribution < 1.29 is 4.79 Å². The molecule has 1 heterocycles. The zero-order valence-corrected chi connectivity index (χ0v) is 9.41. The second-order valence-corrected chi connectivity index (χ2v) is 3.87. The number of rotatable bonds is 4. The lowest BCUT2D eigenvalue weighted by Gasteiger charge is -2.29. The van der Waals surface area contributed by atoms with Crippen LogP contribution < -0.4 is 0 Å². The maximum atomic E-state index is 10.4. The molecule has 1 fully saturated rings. The molecule has 15 heavy (non-hydrogen) atoms. The molecule has 1 saturated heterocycles. The van der Waals surface area contributed by atoms with E-state index in [0.717, 1.165) is 30.6 Å². The molecule has 0 radical (unpaired) electrons. The van der Waals surface area contributed by atoms with Gasteiger partial charge in [0.25, 0.3) is 0 Å². The average molecular weight is 205 g/mol. The summed E-state index contributed by atoms with van der Waals surface area (Å²) in [6.45, 7) is 7.82. The van der Waals surface area contributed by atoms with Gasteiger partial charge in [-0.05, 0) is 43.9 Å². The smallest absolute Gasteiger partial charge is 0.145 e. The first kappa shape index (κ1) is 11.8. The van der Waals surface area contributed by atoms with Crippen molar-refractivity contribution >= 4 is 6.29 Å². The van der Waals surface area contributed by atoms with Gasteiger partial charge in [0.15, 0.2) is 0 Å². The molecule has 0 aromatic carbocycles. The summed E-state index contributed by atoms with van der Waals surface area (Å²) in [6.07, 6.45) is 10.4. The number of carbonyl (C=O) groups excluding carboxylic acids is 1. The summed E-state index contributed by atoms with van der Waals surface area (Å²) >= 11 is 0. The Morgan fingerprint density at radius 2 is 1.87 bits per heavy atom.